The fraction of sp³-hybridized carbons (Fsp3) is 0.172. The monoisotopic (exact) mass is 723 g/mol. The normalized spacial score (nSPS) is 16.2. The molecule has 1 N–H and O–H groups in total. The first-order chi connectivity index (χ1) is 22.2. The van der Waals surface area contributed by atoms with Crippen LogP contribution in [-0.4, -0.2) is 45.2 Å². The Kier molecular flexibility index (Phi) is 8.52. The zero-order chi connectivity index (χ0) is 35.1. The number of imidazole rings is 1. The van der Waals surface area contributed by atoms with E-state index in [2.05, 4.69) is 15.3 Å². The van der Waals surface area contributed by atoms with Crippen molar-refractivity contribution in [3.8, 4) is 22.7 Å². The molecule has 0 spiro atoms. The maximum absolute atomic E-state index is 15.0. The molecule has 1 aromatic heterocycles. The largest absolute Gasteiger partial charge is 0.491 e. The summed E-state index contributed by atoms with van der Waals surface area (Å²) in [7, 11) is -9.85. The second kappa shape index (κ2) is 11.8. The van der Waals surface area contributed by atoms with Gasteiger partial charge in [-0.25, -0.2) is 14.2 Å². The van der Waals surface area contributed by atoms with Crippen LogP contribution in [0, 0.1) is 12.7 Å². The van der Waals surface area contributed by atoms with Crippen LogP contribution in [0.25, 0.3) is 16.9 Å². The molecule has 3 aromatic carbocycles. The number of alkyl halides is 3. The highest BCUT2D eigenvalue weighted by Gasteiger charge is 2.65. The lowest BCUT2D eigenvalue weighted by atomic mass is 10.1. The molecule has 0 radical (unpaired) electrons. The van der Waals surface area contributed by atoms with Gasteiger partial charge in [0.15, 0.2) is 5.17 Å². The van der Waals surface area contributed by atoms with Crippen LogP contribution in [0.15, 0.2) is 83.1 Å². The number of aliphatic imine (C=N–C) groups is 1. The predicted octanol–water partition coefficient (Wildman–Crippen LogP) is 9.64. The molecular formula is C29H22F9N5O3S2. The summed E-state index contributed by atoms with van der Waals surface area (Å²) >= 11 is 0.875. The lowest BCUT2D eigenvalue weighted by Crippen LogP contribution is -2.31. The maximum Gasteiger partial charge on any atom is 0.392 e. The van der Waals surface area contributed by atoms with Crippen LogP contribution in [0.2, 0.25) is 0 Å². The van der Waals surface area contributed by atoms with E-state index in [4.69, 9.17) is 4.74 Å². The first kappa shape index (κ1) is 34.7. The number of urea groups is 1. The quantitative estimate of drug-likeness (QED) is 0.183. The third-order valence-corrected chi connectivity index (χ3v) is 8.72. The molecule has 1 fully saturated rings. The summed E-state index contributed by atoms with van der Waals surface area (Å²) in [5.41, 5.74) is 0.826. The Bertz CT molecular complexity index is 1930. The number of aromatic nitrogens is 2. The average Bonchev–Trinajstić information content (AvgIpc) is 3.60. The number of hydrogen-bond donors (Lipinski definition) is 1. The number of nitrogens with one attached hydrogen (secondary N) is 1. The molecule has 0 unspecified atom stereocenters. The number of carbonyl (C=O) groups is 2. The van der Waals surface area contributed by atoms with Crippen LogP contribution < -0.4 is 15.0 Å². The summed E-state index contributed by atoms with van der Waals surface area (Å²) in [6, 6.07) is 9.09. The minimum atomic E-state index is -9.85. The van der Waals surface area contributed by atoms with Crippen molar-refractivity contribution in [1.29, 1.82) is 0 Å². The minimum absolute atomic E-state index is 0.0427. The SMILES string of the molecule is Cc1ccc(OCCC(F)(F)F)c(N2C(=O)CS/C2=N\C(=O)Nc2ccc(-c3cn(-c4ccc(S(F)(F)(F)(F)F)cc4)cn3)cc2F)c1. The number of benzene rings is 3. The number of ether oxygens (including phenoxy) is 1. The van der Waals surface area contributed by atoms with Crippen molar-refractivity contribution < 1.29 is 51.3 Å². The van der Waals surface area contributed by atoms with Crippen LogP contribution >= 0.6 is 22.0 Å². The van der Waals surface area contributed by atoms with Gasteiger partial charge in [0.2, 0.25) is 5.91 Å². The van der Waals surface area contributed by atoms with Crippen molar-refractivity contribution in [3.63, 3.8) is 0 Å². The molecular weight excluding hydrogens is 701 g/mol. The Morgan fingerprint density at radius 3 is 2.40 bits per heavy atom. The van der Waals surface area contributed by atoms with Crippen LogP contribution in [0.3, 0.4) is 0 Å². The van der Waals surface area contributed by atoms with E-state index in [1.807, 2.05) is 0 Å². The highest BCUT2D eigenvalue weighted by Crippen LogP contribution is 3.02. The van der Waals surface area contributed by atoms with Gasteiger partial charge in [-0.05, 0) is 61.0 Å². The number of rotatable bonds is 8. The van der Waals surface area contributed by atoms with E-state index < -0.39 is 52.1 Å². The Hall–Kier alpha value is -4.65. The van der Waals surface area contributed by atoms with Crippen molar-refractivity contribution >= 4 is 50.5 Å². The smallest absolute Gasteiger partial charge is 0.392 e. The average molecular weight is 724 g/mol. The van der Waals surface area contributed by atoms with Gasteiger partial charge in [-0.3, -0.25) is 9.69 Å². The predicted molar refractivity (Wildman–Crippen MR) is 164 cm³/mol. The number of nitrogens with zero attached hydrogens (tertiary/aromatic N) is 4. The maximum atomic E-state index is 15.0. The van der Waals surface area contributed by atoms with Crippen molar-refractivity contribution in [3.05, 3.63) is 84.6 Å². The van der Waals surface area contributed by atoms with Crippen molar-refractivity contribution in [2.75, 3.05) is 22.6 Å². The van der Waals surface area contributed by atoms with E-state index in [9.17, 15) is 42.2 Å². The number of aryl methyl sites for hydroxylation is 1. The molecule has 4 aromatic rings. The van der Waals surface area contributed by atoms with E-state index in [0.29, 0.717) is 5.56 Å². The Labute approximate surface area is 270 Å². The molecule has 2 heterocycles. The second-order valence-electron chi connectivity index (χ2n) is 10.4. The standard InChI is InChI=1S/C29H22F9N5O3S2/c1-17-2-9-25(46-11-10-29(31,32)33)24(12-17)43-26(44)15-47-28(43)41-27(45)40-22-8-3-18(13-21(22)30)23-14-42(16-39-23)19-4-6-20(7-5-19)48(34,35,36,37)38/h2-9,12-14,16H,10-11,15H2,1H3,(H,40,45)/b41-28-. The highest BCUT2D eigenvalue weighted by molar-refractivity contribution is 8.45. The van der Waals surface area contributed by atoms with Gasteiger partial charge in [0, 0.05) is 17.4 Å². The van der Waals surface area contributed by atoms with Gasteiger partial charge in [0.25, 0.3) is 0 Å². The number of hydrogen-bond acceptors (Lipinski definition) is 5. The fourth-order valence-corrected chi connectivity index (χ4v) is 5.89. The molecule has 0 atom stereocenters. The van der Waals surface area contributed by atoms with Gasteiger partial charge in [0.1, 0.15) is 16.5 Å². The number of amides is 3. The summed E-state index contributed by atoms with van der Waals surface area (Å²) in [6.07, 6.45) is -3.20. The summed E-state index contributed by atoms with van der Waals surface area (Å²) in [6.45, 7) is 0.963. The third kappa shape index (κ3) is 8.25. The van der Waals surface area contributed by atoms with Crippen LogP contribution in [0.1, 0.15) is 12.0 Å². The molecule has 1 aliphatic heterocycles. The molecule has 48 heavy (non-hydrogen) atoms. The molecule has 0 saturated carbocycles. The molecule has 1 aliphatic rings. The van der Waals surface area contributed by atoms with E-state index >= 15 is 4.39 Å². The molecule has 0 aliphatic carbocycles. The Morgan fingerprint density at radius 2 is 1.75 bits per heavy atom. The topological polar surface area (TPSA) is 88.8 Å². The van der Waals surface area contributed by atoms with Gasteiger partial charge in [-0.2, -0.15) is 18.2 Å². The van der Waals surface area contributed by atoms with Gasteiger partial charge in [0.05, 0.1) is 42.2 Å². The Morgan fingerprint density at radius 1 is 1.04 bits per heavy atom. The fourth-order valence-electron chi connectivity index (χ4n) is 4.38. The van der Waals surface area contributed by atoms with Gasteiger partial charge in [-0.15, -0.1) is 0 Å². The molecule has 3 amide bonds. The van der Waals surface area contributed by atoms with E-state index in [1.165, 1.54) is 41.4 Å². The van der Waals surface area contributed by atoms with Gasteiger partial charge >= 0.3 is 22.4 Å². The second-order valence-corrected chi connectivity index (χ2v) is 13.7. The number of thioether (sulfide) groups is 1. The molecule has 1 saturated heterocycles. The summed E-state index contributed by atoms with van der Waals surface area (Å²) < 4.78 is 125. The lowest BCUT2D eigenvalue weighted by Gasteiger charge is -2.40. The summed E-state index contributed by atoms with van der Waals surface area (Å²) in [5.74, 6) is -1.64. The van der Waals surface area contributed by atoms with Crippen molar-refractivity contribution in [1.82, 2.24) is 9.55 Å². The van der Waals surface area contributed by atoms with Gasteiger partial charge < -0.3 is 14.6 Å². The van der Waals surface area contributed by atoms with Crippen molar-refractivity contribution in [2.45, 2.75) is 24.4 Å². The number of amidine groups is 1. The van der Waals surface area contributed by atoms with E-state index in [0.717, 1.165) is 34.9 Å². The first-order valence-electron chi connectivity index (χ1n) is 13.5. The zero-order valence-corrected chi connectivity index (χ0v) is 25.9. The van der Waals surface area contributed by atoms with E-state index in [1.54, 1.807) is 13.0 Å². The molecule has 5 rings (SSSR count). The summed E-state index contributed by atoms with van der Waals surface area (Å²) in [5, 5.41) is 2.12. The first-order valence-corrected chi connectivity index (χ1v) is 16.4. The molecule has 256 valence electrons. The third-order valence-electron chi connectivity index (χ3n) is 6.63. The number of anilines is 2. The lowest BCUT2D eigenvalue weighted by molar-refractivity contribution is -0.139. The number of halogens is 9. The minimum Gasteiger partial charge on any atom is -0.491 e. The highest BCUT2D eigenvalue weighted by atomic mass is 32.5. The zero-order valence-electron chi connectivity index (χ0n) is 24.3. The van der Waals surface area contributed by atoms with Gasteiger partial charge in [-0.1, -0.05) is 43.3 Å². The molecule has 8 nitrogen and oxygen atoms in total. The molecule has 19 heteroatoms. The van der Waals surface area contributed by atoms with Crippen LogP contribution in [0.4, 0.5) is 53.2 Å². The Balaban J connectivity index is 1.31. The van der Waals surface area contributed by atoms with Crippen LogP contribution in [0.5, 0.6) is 5.75 Å². The van der Waals surface area contributed by atoms with Crippen molar-refractivity contribution in [2.24, 2.45) is 4.99 Å². The summed E-state index contributed by atoms with van der Waals surface area (Å²) in [4.78, 5) is 32.4. The van der Waals surface area contributed by atoms with Crippen LogP contribution in [-0.2, 0) is 4.79 Å². The molecule has 0 bridgehead atoms. The number of carbonyl (C=O) groups excluding carboxylic acids is 2. The van der Waals surface area contributed by atoms with E-state index in [-0.39, 0.29) is 57.1 Å².